The maximum Gasteiger partial charge on any atom is 0.267 e. The van der Waals surface area contributed by atoms with Crippen LogP contribution in [0.5, 0.6) is 5.75 Å². The standard InChI is InChI=1S/C7H7BrF2N2O/c1-13-5-4(11)3(7(9)10)2-12-6(5)8/h2,7H,1H3,(H2,11,12). The van der Waals surface area contributed by atoms with Gasteiger partial charge in [0, 0.05) is 6.20 Å². The van der Waals surface area contributed by atoms with Crippen LogP contribution in [-0.4, -0.2) is 12.1 Å². The van der Waals surface area contributed by atoms with Crippen molar-refractivity contribution >= 4 is 21.6 Å². The van der Waals surface area contributed by atoms with Crippen LogP contribution >= 0.6 is 15.9 Å². The summed E-state index contributed by atoms with van der Waals surface area (Å²) in [6.45, 7) is 0. The summed E-state index contributed by atoms with van der Waals surface area (Å²) in [6, 6.07) is 0. The molecular weight excluding hydrogens is 246 g/mol. The summed E-state index contributed by atoms with van der Waals surface area (Å²) < 4.78 is 29.7. The lowest BCUT2D eigenvalue weighted by Gasteiger charge is -2.09. The molecule has 0 saturated heterocycles. The smallest absolute Gasteiger partial charge is 0.267 e. The zero-order valence-electron chi connectivity index (χ0n) is 6.72. The number of rotatable bonds is 2. The van der Waals surface area contributed by atoms with E-state index in [1.807, 2.05) is 0 Å². The van der Waals surface area contributed by atoms with Crippen LogP contribution in [0, 0.1) is 0 Å². The van der Waals surface area contributed by atoms with Gasteiger partial charge in [-0.15, -0.1) is 0 Å². The maximum atomic E-state index is 12.3. The van der Waals surface area contributed by atoms with E-state index < -0.39 is 6.43 Å². The van der Waals surface area contributed by atoms with E-state index in [1.165, 1.54) is 7.11 Å². The van der Waals surface area contributed by atoms with Crippen LogP contribution in [0.15, 0.2) is 10.8 Å². The summed E-state index contributed by atoms with van der Waals surface area (Å²) in [5.41, 5.74) is 5.02. The number of aromatic nitrogens is 1. The lowest BCUT2D eigenvalue weighted by atomic mass is 10.2. The summed E-state index contributed by atoms with van der Waals surface area (Å²) in [5.74, 6) is 0.137. The van der Waals surface area contributed by atoms with Crippen LogP contribution in [0.2, 0.25) is 0 Å². The Hall–Kier alpha value is -0.910. The van der Waals surface area contributed by atoms with Gasteiger partial charge in [-0.25, -0.2) is 13.8 Å². The van der Waals surface area contributed by atoms with Crippen molar-refractivity contribution in [3.63, 3.8) is 0 Å². The molecule has 1 rings (SSSR count). The summed E-state index contributed by atoms with van der Waals surface area (Å²) >= 11 is 3.03. The Balaban J connectivity index is 3.27. The highest BCUT2D eigenvalue weighted by Crippen LogP contribution is 2.35. The lowest BCUT2D eigenvalue weighted by molar-refractivity contribution is 0.151. The first-order chi connectivity index (χ1) is 6.07. The van der Waals surface area contributed by atoms with E-state index in [2.05, 4.69) is 20.9 Å². The third-order valence-electron chi connectivity index (χ3n) is 1.50. The van der Waals surface area contributed by atoms with Crippen LogP contribution in [0.1, 0.15) is 12.0 Å². The van der Waals surface area contributed by atoms with Crippen molar-refractivity contribution in [3.8, 4) is 5.75 Å². The fraction of sp³-hybridized carbons (Fsp3) is 0.286. The highest BCUT2D eigenvalue weighted by atomic mass is 79.9. The molecule has 72 valence electrons. The zero-order chi connectivity index (χ0) is 10.0. The van der Waals surface area contributed by atoms with Gasteiger partial charge in [-0.3, -0.25) is 0 Å². The molecule has 6 heteroatoms. The number of nitrogen functional groups attached to an aromatic ring is 1. The van der Waals surface area contributed by atoms with E-state index in [4.69, 9.17) is 10.5 Å². The van der Waals surface area contributed by atoms with E-state index in [0.29, 0.717) is 4.60 Å². The van der Waals surface area contributed by atoms with Gasteiger partial charge in [-0.1, -0.05) is 0 Å². The van der Waals surface area contributed by atoms with Crippen LogP contribution in [0.3, 0.4) is 0 Å². The van der Waals surface area contributed by atoms with Crippen molar-refractivity contribution in [2.75, 3.05) is 12.8 Å². The van der Waals surface area contributed by atoms with Crippen molar-refractivity contribution in [1.82, 2.24) is 4.98 Å². The molecule has 0 bridgehead atoms. The Morgan fingerprint density at radius 1 is 1.62 bits per heavy atom. The number of hydrogen-bond donors (Lipinski definition) is 1. The molecule has 0 amide bonds. The molecule has 3 nitrogen and oxygen atoms in total. The van der Waals surface area contributed by atoms with Gasteiger partial charge in [0.15, 0.2) is 5.75 Å². The number of halogens is 3. The third kappa shape index (κ3) is 1.88. The van der Waals surface area contributed by atoms with Crippen LogP contribution in [0.4, 0.5) is 14.5 Å². The van der Waals surface area contributed by atoms with E-state index in [0.717, 1.165) is 6.20 Å². The quantitative estimate of drug-likeness (QED) is 0.823. The molecule has 0 fully saturated rings. The summed E-state index contributed by atoms with van der Waals surface area (Å²) in [6.07, 6.45) is -1.62. The first kappa shape index (κ1) is 10.2. The molecule has 0 aliphatic rings. The predicted molar refractivity (Wildman–Crippen MR) is 47.9 cm³/mol. The number of nitrogens with two attached hydrogens (primary N) is 1. The van der Waals surface area contributed by atoms with Crippen molar-refractivity contribution < 1.29 is 13.5 Å². The summed E-state index contributed by atoms with van der Waals surface area (Å²) in [7, 11) is 1.34. The van der Waals surface area contributed by atoms with Crippen molar-refractivity contribution in [1.29, 1.82) is 0 Å². The maximum absolute atomic E-state index is 12.3. The van der Waals surface area contributed by atoms with Crippen LogP contribution < -0.4 is 10.5 Å². The Morgan fingerprint density at radius 3 is 2.69 bits per heavy atom. The van der Waals surface area contributed by atoms with Gasteiger partial charge >= 0.3 is 0 Å². The van der Waals surface area contributed by atoms with Gasteiger partial charge < -0.3 is 10.5 Å². The molecule has 2 N–H and O–H groups in total. The fourth-order valence-electron chi connectivity index (χ4n) is 0.865. The Morgan fingerprint density at radius 2 is 2.23 bits per heavy atom. The Kier molecular flexibility index (Phi) is 3.02. The average molecular weight is 253 g/mol. The number of anilines is 1. The molecule has 0 aliphatic carbocycles. The second-order valence-corrected chi connectivity index (χ2v) is 3.00. The molecule has 1 aromatic heterocycles. The number of pyridine rings is 1. The van der Waals surface area contributed by atoms with Gasteiger partial charge in [0.2, 0.25) is 0 Å². The second kappa shape index (κ2) is 3.87. The van der Waals surface area contributed by atoms with Gasteiger partial charge in [-0.05, 0) is 15.9 Å². The minimum absolute atomic E-state index is 0.0839. The molecule has 0 unspecified atom stereocenters. The van der Waals surface area contributed by atoms with Crippen LogP contribution in [-0.2, 0) is 0 Å². The molecule has 0 atom stereocenters. The molecule has 1 aromatic rings. The van der Waals surface area contributed by atoms with Crippen molar-refractivity contribution in [2.45, 2.75) is 6.43 Å². The first-order valence-corrected chi connectivity index (χ1v) is 4.13. The fourth-order valence-corrected chi connectivity index (χ4v) is 1.34. The second-order valence-electron chi connectivity index (χ2n) is 2.25. The Bertz CT molecular complexity index is 320. The van der Waals surface area contributed by atoms with Crippen LogP contribution in [0.25, 0.3) is 0 Å². The summed E-state index contributed by atoms with van der Waals surface area (Å²) in [4.78, 5) is 3.66. The number of methoxy groups -OCH3 is 1. The van der Waals surface area contributed by atoms with Gasteiger partial charge in [0.25, 0.3) is 6.43 Å². The highest BCUT2D eigenvalue weighted by Gasteiger charge is 2.17. The highest BCUT2D eigenvalue weighted by molar-refractivity contribution is 9.10. The number of hydrogen-bond acceptors (Lipinski definition) is 3. The zero-order valence-corrected chi connectivity index (χ0v) is 8.31. The minimum atomic E-state index is -2.64. The van der Waals surface area contributed by atoms with Gasteiger partial charge in [-0.2, -0.15) is 0 Å². The number of ether oxygens (including phenoxy) is 1. The van der Waals surface area contributed by atoms with Crippen molar-refractivity contribution in [2.24, 2.45) is 0 Å². The third-order valence-corrected chi connectivity index (χ3v) is 2.06. The average Bonchev–Trinajstić information content (AvgIpc) is 2.04. The van der Waals surface area contributed by atoms with Gasteiger partial charge in [0.1, 0.15) is 4.60 Å². The molecular formula is C7H7BrF2N2O. The Labute approximate surface area is 82.0 Å². The molecule has 13 heavy (non-hydrogen) atoms. The SMILES string of the molecule is COc1c(Br)ncc(C(F)F)c1N. The summed E-state index contributed by atoms with van der Waals surface area (Å²) in [5, 5.41) is 0. The van der Waals surface area contributed by atoms with Crippen molar-refractivity contribution in [3.05, 3.63) is 16.4 Å². The largest absolute Gasteiger partial charge is 0.492 e. The number of nitrogens with zero attached hydrogens (tertiary/aromatic N) is 1. The molecule has 0 spiro atoms. The lowest BCUT2D eigenvalue weighted by Crippen LogP contribution is -2.01. The molecule has 0 aliphatic heterocycles. The normalized spacial score (nSPS) is 10.5. The van der Waals surface area contributed by atoms with E-state index >= 15 is 0 Å². The topological polar surface area (TPSA) is 48.1 Å². The molecule has 0 aromatic carbocycles. The molecule has 0 radical (unpaired) electrons. The van der Waals surface area contributed by atoms with E-state index in [-0.39, 0.29) is 17.0 Å². The van der Waals surface area contributed by atoms with E-state index in [9.17, 15) is 8.78 Å². The molecule has 1 heterocycles. The van der Waals surface area contributed by atoms with Gasteiger partial charge in [0.05, 0.1) is 18.4 Å². The predicted octanol–water partition coefficient (Wildman–Crippen LogP) is 2.37. The molecule has 0 saturated carbocycles. The minimum Gasteiger partial charge on any atom is -0.492 e. The number of alkyl halides is 2. The monoisotopic (exact) mass is 252 g/mol. The van der Waals surface area contributed by atoms with E-state index in [1.54, 1.807) is 0 Å². The first-order valence-electron chi connectivity index (χ1n) is 3.34.